The summed E-state index contributed by atoms with van der Waals surface area (Å²) in [6, 6.07) is 0. The molecule has 0 aliphatic heterocycles. The lowest BCUT2D eigenvalue weighted by molar-refractivity contribution is -0.131. The van der Waals surface area contributed by atoms with E-state index in [0.717, 1.165) is 6.08 Å². The predicted molar refractivity (Wildman–Crippen MR) is 65.5 cm³/mol. The van der Waals surface area contributed by atoms with Crippen molar-refractivity contribution in [2.45, 2.75) is 5.94 Å². The van der Waals surface area contributed by atoms with Crippen LogP contribution < -0.4 is 0 Å². The maximum absolute atomic E-state index is 10.4. The molecule has 0 amide bonds. The molecule has 0 atom stereocenters. The minimum absolute atomic E-state index is 0.0116. The van der Waals surface area contributed by atoms with E-state index in [0.29, 0.717) is 0 Å². The molecule has 0 aliphatic rings. The molecular weight excluding hydrogens is 438 g/mol. The topological polar surface area (TPSA) is 37.3 Å². The summed E-state index contributed by atoms with van der Waals surface area (Å²) in [5.41, 5.74) is 0.0116. The zero-order valence-electron chi connectivity index (χ0n) is 5.70. The summed E-state index contributed by atoms with van der Waals surface area (Å²) in [6.45, 7) is 0. The average Bonchev–Trinajstić information content (AvgIpc) is 1.77. The van der Waals surface area contributed by atoms with Crippen molar-refractivity contribution in [2.24, 2.45) is 0 Å². The second kappa shape index (κ2) is 5.03. The van der Waals surface area contributed by atoms with Crippen LogP contribution >= 0.6 is 82.6 Å². The van der Waals surface area contributed by atoms with Gasteiger partial charge in [0.15, 0.2) is 2.14 Å². The lowest BCUT2D eigenvalue weighted by Gasteiger charge is -2.22. The first-order valence-corrected chi connectivity index (χ1v) is 6.15. The van der Waals surface area contributed by atoms with Gasteiger partial charge >= 0.3 is 5.97 Å². The van der Waals surface area contributed by atoms with Crippen LogP contribution in [0.15, 0.2) is 11.6 Å². The predicted octanol–water partition coefficient (Wildman–Crippen LogP) is 4.21. The number of carboxylic acids is 1. The molecule has 0 aliphatic carbocycles. The minimum atomic E-state index is -1.81. The summed E-state index contributed by atoms with van der Waals surface area (Å²) < 4.78 is -2.86. The van der Waals surface area contributed by atoms with Crippen molar-refractivity contribution >= 4 is 88.6 Å². The summed E-state index contributed by atoms with van der Waals surface area (Å²) in [4.78, 5) is 10.4. The number of carbonyl (C=O) groups is 1. The molecule has 76 valence electrons. The van der Waals surface area contributed by atoms with Crippen LogP contribution in [0, 0.1) is 0 Å². The Labute approximate surface area is 115 Å². The van der Waals surface area contributed by atoms with E-state index in [1.54, 1.807) is 0 Å². The average molecular weight is 440 g/mol. The highest BCUT2D eigenvalue weighted by molar-refractivity contribution is 9.39. The molecule has 0 radical (unpaired) electrons. The van der Waals surface area contributed by atoms with Crippen LogP contribution in [0.4, 0.5) is 0 Å². The monoisotopic (exact) mass is 436 g/mol. The molecule has 0 saturated carbocycles. The van der Waals surface area contributed by atoms with Gasteiger partial charge in [0, 0.05) is 11.6 Å². The molecular formula is C5H2Br3Cl3O2. The molecule has 8 heteroatoms. The highest BCUT2D eigenvalue weighted by Crippen LogP contribution is 2.51. The molecule has 2 nitrogen and oxygen atoms in total. The van der Waals surface area contributed by atoms with Gasteiger partial charge in [0.2, 0.25) is 3.79 Å². The lowest BCUT2D eigenvalue weighted by Crippen LogP contribution is -2.20. The Hall–Kier alpha value is 1.52. The molecule has 0 saturated heterocycles. The van der Waals surface area contributed by atoms with Gasteiger partial charge in [-0.2, -0.15) is 0 Å². The molecule has 0 heterocycles. The number of hydrogen-bond acceptors (Lipinski definition) is 1. The first-order valence-electron chi connectivity index (χ1n) is 2.64. The maximum atomic E-state index is 10.4. The molecule has 1 N–H and O–H groups in total. The fourth-order valence-electron chi connectivity index (χ4n) is 0.448. The molecule has 0 unspecified atom stereocenters. The van der Waals surface area contributed by atoms with Gasteiger partial charge in [0.25, 0.3) is 0 Å². The quantitative estimate of drug-likeness (QED) is 0.490. The van der Waals surface area contributed by atoms with E-state index in [2.05, 4.69) is 47.8 Å². The third-order valence-corrected chi connectivity index (χ3v) is 2.77. The Morgan fingerprint density at radius 3 is 1.69 bits per heavy atom. The van der Waals surface area contributed by atoms with Crippen molar-refractivity contribution in [2.75, 3.05) is 0 Å². The first-order chi connectivity index (χ1) is 5.55. The normalized spacial score (nSPS) is 14.5. The van der Waals surface area contributed by atoms with Crippen molar-refractivity contribution in [3.63, 3.8) is 0 Å². The minimum Gasteiger partial charge on any atom is -0.478 e. The molecule has 13 heavy (non-hydrogen) atoms. The van der Waals surface area contributed by atoms with E-state index in [4.69, 9.17) is 39.9 Å². The molecule has 0 aromatic rings. The van der Waals surface area contributed by atoms with E-state index >= 15 is 0 Å². The zero-order chi connectivity index (χ0) is 10.9. The van der Waals surface area contributed by atoms with Crippen molar-refractivity contribution in [3.8, 4) is 0 Å². The SMILES string of the molecule is O=C(O)/C=C(/C(Cl)(Cl)Cl)C(Br)(Br)Br. The molecule has 0 fully saturated rings. The van der Waals surface area contributed by atoms with E-state index < -0.39 is 11.9 Å². The van der Waals surface area contributed by atoms with Gasteiger partial charge in [-0.25, -0.2) is 4.79 Å². The summed E-state index contributed by atoms with van der Waals surface area (Å²) in [7, 11) is 0. The summed E-state index contributed by atoms with van der Waals surface area (Å²) >= 11 is 25.8. The highest BCUT2D eigenvalue weighted by Gasteiger charge is 2.39. The van der Waals surface area contributed by atoms with Gasteiger partial charge in [-0.05, 0) is 0 Å². The molecule has 0 rings (SSSR count). The maximum Gasteiger partial charge on any atom is 0.328 e. The van der Waals surface area contributed by atoms with Crippen molar-refractivity contribution < 1.29 is 9.90 Å². The number of halogens is 6. The molecule has 0 aromatic heterocycles. The smallest absolute Gasteiger partial charge is 0.328 e. The number of aliphatic carboxylic acids is 1. The zero-order valence-corrected chi connectivity index (χ0v) is 12.7. The fraction of sp³-hybridized carbons (Fsp3) is 0.400. The van der Waals surface area contributed by atoms with Gasteiger partial charge in [-0.15, -0.1) is 0 Å². The number of carboxylic acid groups (broad SMARTS) is 1. The Kier molecular flexibility index (Phi) is 5.62. The lowest BCUT2D eigenvalue weighted by atomic mass is 10.3. The highest BCUT2D eigenvalue weighted by atomic mass is 80.0. The fourth-order valence-corrected chi connectivity index (χ4v) is 3.30. The van der Waals surface area contributed by atoms with Crippen LogP contribution in [0.5, 0.6) is 0 Å². The van der Waals surface area contributed by atoms with E-state index in [9.17, 15) is 4.79 Å². The van der Waals surface area contributed by atoms with Gasteiger partial charge in [-0.3, -0.25) is 0 Å². The van der Waals surface area contributed by atoms with E-state index in [1.807, 2.05) is 0 Å². The Balaban J connectivity index is 5.13. The van der Waals surface area contributed by atoms with Gasteiger partial charge in [0.1, 0.15) is 0 Å². The standard InChI is InChI=1S/C5H2Br3Cl3O2/c6-4(7,8)2(1-3(12)13)5(9,10)11/h1H,(H,12,13)/b2-1+. The molecule has 0 aromatic carbocycles. The number of alkyl halides is 6. The third kappa shape index (κ3) is 5.85. The summed E-state index contributed by atoms with van der Waals surface area (Å²) in [6.07, 6.45) is 0.797. The number of hydrogen-bond donors (Lipinski definition) is 1. The second-order valence-electron chi connectivity index (χ2n) is 1.89. The molecule has 0 spiro atoms. The van der Waals surface area contributed by atoms with Crippen molar-refractivity contribution in [1.82, 2.24) is 0 Å². The van der Waals surface area contributed by atoms with Crippen LogP contribution in [-0.4, -0.2) is 17.0 Å². The van der Waals surface area contributed by atoms with Crippen LogP contribution in [0.25, 0.3) is 0 Å². The third-order valence-electron chi connectivity index (χ3n) is 0.879. The largest absolute Gasteiger partial charge is 0.478 e. The van der Waals surface area contributed by atoms with Crippen LogP contribution in [0.1, 0.15) is 0 Å². The summed E-state index contributed by atoms with van der Waals surface area (Å²) in [5.74, 6) is -1.20. The first kappa shape index (κ1) is 14.5. The van der Waals surface area contributed by atoms with Gasteiger partial charge < -0.3 is 5.11 Å². The van der Waals surface area contributed by atoms with Gasteiger partial charge in [-0.1, -0.05) is 82.6 Å². The van der Waals surface area contributed by atoms with Crippen molar-refractivity contribution in [3.05, 3.63) is 11.6 Å². The van der Waals surface area contributed by atoms with E-state index in [1.165, 1.54) is 0 Å². The second-order valence-corrected chi connectivity index (χ2v) is 10.9. The Morgan fingerprint density at radius 1 is 1.23 bits per heavy atom. The number of rotatable bonds is 1. The van der Waals surface area contributed by atoms with Gasteiger partial charge in [0.05, 0.1) is 0 Å². The van der Waals surface area contributed by atoms with E-state index in [-0.39, 0.29) is 5.57 Å². The number of allylic oxidation sites excluding steroid dienone is 1. The summed E-state index contributed by atoms with van der Waals surface area (Å²) in [5, 5.41) is 8.50. The van der Waals surface area contributed by atoms with Crippen LogP contribution in [-0.2, 0) is 4.79 Å². The Morgan fingerprint density at radius 2 is 1.62 bits per heavy atom. The van der Waals surface area contributed by atoms with Crippen molar-refractivity contribution in [1.29, 1.82) is 0 Å². The molecule has 0 bridgehead atoms. The van der Waals surface area contributed by atoms with Crippen LogP contribution in [0.3, 0.4) is 0 Å². The van der Waals surface area contributed by atoms with Crippen LogP contribution in [0.2, 0.25) is 0 Å². The Bertz CT molecular complexity index is 224.